The van der Waals surface area contributed by atoms with Crippen molar-refractivity contribution in [1.29, 1.82) is 0 Å². The van der Waals surface area contributed by atoms with Crippen LogP contribution < -0.4 is 10.6 Å². The highest BCUT2D eigenvalue weighted by Crippen LogP contribution is 2.22. The summed E-state index contributed by atoms with van der Waals surface area (Å²) >= 11 is 0. The number of amides is 2. The van der Waals surface area contributed by atoms with Crippen LogP contribution in [0.1, 0.15) is 25.8 Å². The van der Waals surface area contributed by atoms with Gasteiger partial charge in [-0.2, -0.15) is 0 Å². The first kappa shape index (κ1) is 15.5. The number of nitrogens with one attached hydrogen (secondary N) is 2. The second-order valence-corrected chi connectivity index (χ2v) is 5.81. The summed E-state index contributed by atoms with van der Waals surface area (Å²) in [6.07, 6.45) is 1.01. The number of nitrogens with zero attached hydrogens (tertiary/aromatic N) is 1. The molecule has 2 rings (SSSR count). The van der Waals surface area contributed by atoms with Crippen molar-refractivity contribution in [2.75, 3.05) is 6.54 Å². The van der Waals surface area contributed by atoms with Crippen LogP contribution in [0.4, 0.5) is 0 Å². The van der Waals surface area contributed by atoms with Crippen LogP contribution >= 0.6 is 0 Å². The van der Waals surface area contributed by atoms with Crippen molar-refractivity contribution < 1.29 is 9.59 Å². The van der Waals surface area contributed by atoms with Crippen LogP contribution in [0.25, 0.3) is 0 Å². The molecule has 0 aliphatic carbocycles. The van der Waals surface area contributed by atoms with Gasteiger partial charge in [-0.3, -0.25) is 14.9 Å². The quantitative estimate of drug-likeness (QED) is 0.584. The highest BCUT2D eigenvalue weighted by Gasteiger charge is 2.34. The maximum absolute atomic E-state index is 12.2. The Kier molecular flexibility index (Phi) is 5.33. The molecule has 2 N–H and O–H groups in total. The molecule has 0 spiro atoms. The molecule has 1 fully saturated rings. The van der Waals surface area contributed by atoms with E-state index in [1.54, 1.807) is 0 Å². The topological polar surface area (TPSA) is 61.4 Å². The van der Waals surface area contributed by atoms with E-state index in [4.69, 9.17) is 0 Å². The average molecular weight is 289 g/mol. The molecule has 1 heterocycles. The molecular weight excluding hydrogens is 266 g/mol. The van der Waals surface area contributed by atoms with E-state index in [1.807, 2.05) is 49.1 Å². The van der Waals surface area contributed by atoms with Gasteiger partial charge in [0.05, 0.1) is 6.17 Å². The highest BCUT2D eigenvalue weighted by molar-refractivity contribution is 5.78. The van der Waals surface area contributed by atoms with E-state index >= 15 is 0 Å². The average Bonchev–Trinajstić information content (AvgIpc) is 2.80. The fourth-order valence-electron chi connectivity index (χ4n) is 2.74. The van der Waals surface area contributed by atoms with Crippen molar-refractivity contribution in [3.63, 3.8) is 0 Å². The fraction of sp³-hybridized carbons (Fsp3) is 0.500. The van der Waals surface area contributed by atoms with Gasteiger partial charge in [0.25, 0.3) is 0 Å². The minimum Gasteiger partial charge on any atom is -0.343 e. The Morgan fingerprint density at radius 1 is 1.33 bits per heavy atom. The zero-order chi connectivity index (χ0) is 15.2. The van der Waals surface area contributed by atoms with Gasteiger partial charge in [0, 0.05) is 31.5 Å². The Morgan fingerprint density at radius 2 is 2.05 bits per heavy atom. The Balaban J connectivity index is 1.98. The van der Waals surface area contributed by atoms with Crippen LogP contribution in [0.2, 0.25) is 0 Å². The minimum atomic E-state index is -0.160. The normalized spacial score (nSPS) is 19.9. The summed E-state index contributed by atoms with van der Waals surface area (Å²) < 4.78 is 0. The minimum absolute atomic E-state index is 0.105. The van der Waals surface area contributed by atoms with Crippen molar-refractivity contribution in [2.45, 2.75) is 39.0 Å². The van der Waals surface area contributed by atoms with Crippen LogP contribution in [0.5, 0.6) is 0 Å². The van der Waals surface area contributed by atoms with Gasteiger partial charge < -0.3 is 10.2 Å². The molecule has 2 unspecified atom stereocenters. The molecule has 1 aliphatic rings. The summed E-state index contributed by atoms with van der Waals surface area (Å²) in [5.74, 6) is 0.251. The zero-order valence-corrected chi connectivity index (χ0v) is 12.6. The van der Waals surface area contributed by atoms with Gasteiger partial charge >= 0.3 is 0 Å². The largest absolute Gasteiger partial charge is 0.343 e. The van der Waals surface area contributed by atoms with Crippen molar-refractivity contribution in [2.24, 2.45) is 5.92 Å². The molecule has 5 heteroatoms. The van der Waals surface area contributed by atoms with Crippen molar-refractivity contribution in [3.8, 4) is 0 Å². The lowest BCUT2D eigenvalue weighted by Gasteiger charge is -2.26. The second kappa shape index (κ2) is 7.22. The maximum Gasteiger partial charge on any atom is 0.223 e. The van der Waals surface area contributed by atoms with E-state index < -0.39 is 0 Å². The van der Waals surface area contributed by atoms with E-state index in [0.717, 1.165) is 5.56 Å². The Hall–Kier alpha value is -1.88. The van der Waals surface area contributed by atoms with Crippen LogP contribution in [0.3, 0.4) is 0 Å². The number of carbonyl (C=O) groups is 2. The van der Waals surface area contributed by atoms with Crippen LogP contribution in [-0.2, 0) is 16.1 Å². The van der Waals surface area contributed by atoms with E-state index in [9.17, 15) is 9.59 Å². The molecule has 1 saturated heterocycles. The first-order valence-electron chi connectivity index (χ1n) is 7.37. The summed E-state index contributed by atoms with van der Waals surface area (Å²) in [4.78, 5) is 24.8. The van der Waals surface area contributed by atoms with Gasteiger partial charge in [0.1, 0.15) is 0 Å². The summed E-state index contributed by atoms with van der Waals surface area (Å²) in [5, 5.41) is 6.10. The molecule has 114 valence electrons. The number of carbonyl (C=O) groups excluding carboxylic acids is 2. The first-order valence-corrected chi connectivity index (χ1v) is 7.37. The smallest absolute Gasteiger partial charge is 0.223 e. The van der Waals surface area contributed by atoms with Crippen molar-refractivity contribution in [1.82, 2.24) is 15.5 Å². The predicted octanol–water partition coefficient (Wildman–Crippen LogP) is 1.11. The fourth-order valence-corrected chi connectivity index (χ4v) is 2.74. The summed E-state index contributed by atoms with van der Waals surface area (Å²) in [7, 11) is 0. The predicted molar refractivity (Wildman–Crippen MR) is 81.2 cm³/mol. The molecule has 1 aromatic rings. The molecule has 2 atom stereocenters. The number of benzene rings is 1. The van der Waals surface area contributed by atoms with Crippen molar-refractivity contribution in [3.05, 3.63) is 35.9 Å². The van der Waals surface area contributed by atoms with Gasteiger partial charge in [-0.15, -0.1) is 0 Å². The van der Waals surface area contributed by atoms with Crippen molar-refractivity contribution >= 4 is 12.3 Å². The Morgan fingerprint density at radius 3 is 2.67 bits per heavy atom. The molecule has 1 aliphatic heterocycles. The molecule has 0 saturated carbocycles. The first-order chi connectivity index (χ1) is 10.1. The molecule has 1 aromatic carbocycles. The Bertz CT molecular complexity index is 476. The lowest BCUT2D eigenvalue weighted by molar-refractivity contribution is -0.128. The van der Waals surface area contributed by atoms with Crippen LogP contribution in [0.15, 0.2) is 30.3 Å². The van der Waals surface area contributed by atoms with E-state index in [0.29, 0.717) is 25.9 Å². The van der Waals surface area contributed by atoms with E-state index in [1.165, 1.54) is 0 Å². The second-order valence-electron chi connectivity index (χ2n) is 5.81. The molecule has 2 amide bonds. The van der Waals surface area contributed by atoms with Gasteiger partial charge in [-0.05, 0) is 19.4 Å². The van der Waals surface area contributed by atoms with E-state index in [2.05, 4.69) is 10.6 Å². The molecule has 0 aromatic heterocycles. The Labute approximate surface area is 125 Å². The third kappa shape index (κ3) is 4.29. The summed E-state index contributed by atoms with van der Waals surface area (Å²) in [6.45, 7) is 5.35. The monoisotopic (exact) mass is 289 g/mol. The molecule has 0 bridgehead atoms. The molecule has 21 heavy (non-hydrogen) atoms. The molecule has 0 radical (unpaired) electrons. The molecular formula is C16H23N3O2. The highest BCUT2D eigenvalue weighted by atomic mass is 16.2. The van der Waals surface area contributed by atoms with Gasteiger partial charge in [0.15, 0.2) is 0 Å². The SMILES string of the molecule is CC(C)NC(NC=O)C1CC(=O)N(Cc2ccccc2)C1. The van der Waals surface area contributed by atoms with E-state index in [-0.39, 0.29) is 24.0 Å². The van der Waals surface area contributed by atoms with Crippen LogP contribution in [0, 0.1) is 5.92 Å². The lowest BCUT2D eigenvalue weighted by atomic mass is 10.0. The number of hydrogen-bond donors (Lipinski definition) is 2. The van der Waals surface area contributed by atoms with Gasteiger partial charge in [-0.1, -0.05) is 30.3 Å². The number of hydrogen-bond acceptors (Lipinski definition) is 3. The number of rotatable bonds is 7. The third-order valence-corrected chi connectivity index (χ3v) is 3.69. The zero-order valence-electron chi connectivity index (χ0n) is 12.6. The summed E-state index contributed by atoms with van der Waals surface area (Å²) in [5.41, 5.74) is 1.13. The van der Waals surface area contributed by atoms with Crippen LogP contribution in [-0.4, -0.2) is 36.0 Å². The maximum atomic E-state index is 12.2. The summed E-state index contributed by atoms with van der Waals surface area (Å²) in [6, 6.07) is 10.2. The standard InChI is InChI=1S/C16H23N3O2/c1-12(2)18-16(17-11-20)14-8-15(21)19(10-14)9-13-6-4-3-5-7-13/h3-7,11-12,14,16,18H,8-10H2,1-2H3,(H,17,20). The van der Waals surface area contributed by atoms with Gasteiger partial charge in [0.2, 0.25) is 12.3 Å². The lowest BCUT2D eigenvalue weighted by Crippen LogP contribution is -2.50. The number of likely N-dealkylation sites (tertiary alicyclic amines) is 1. The third-order valence-electron chi connectivity index (χ3n) is 3.69. The molecule has 5 nitrogen and oxygen atoms in total. The van der Waals surface area contributed by atoms with Gasteiger partial charge in [-0.25, -0.2) is 0 Å².